The van der Waals surface area contributed by atoms with E-state index >= 15 is 0 Å². The van der Waals surface area contributed by atoms with Crippen molar-refractivity contribution in [1.82, 2.24) is 14.9 Å². The van der Waals surface area contributed by atoms with Crippen LogP contribution in [0.3, 0.4) is 0 Å². The van der Waals surface area contributed by atoms with Crippen molar-refractivity contribution in [2.24, 2.45) is 0 Å². The molecule has 1 aromatic carbocycles. The first kappa shape index (κ1) is 21.9. The number of aromatic nitrogens is 2. The highest BCUT2D eigenvalue weighted by Crippen LogP contribution is 2.26. The molecule has 1 aliphatic rings. The number of anilines is 2. The third-order valence-electron chi connectivity index (χ3n) is 5.11. The van der Waals surface area contributed by atoms with Gasteiger partial charge in [-0.1, -0.05) is 26.8 Å². The van der Waals surface area contributed by atoms with Gasteiger partial charge in [0.25, 0.3) is 0 Å². The van der Waals surface area contributed by atoms with Gasteiger partial charge in [-0.25, -0.2) is 14.8 Å². The molecule has 0 radical (unpaired) electrons. The van der Waals surface area contributed by atoms with E-state index in [0.717, 1.165) is 53.8 Å². The third-order valence-corrected chi connectivity index (χ3v) is 5.11. The highest BCUT2D eigenvalue weighted by atomic mass is 16.5. The van der Waals surface area contributed by atoms with Gasteiger partial charge in [0.15, 0.2) is 0 Å². The average molecular weight is 412 g/mol. The van der Waals surface area contributed by atoms with Crippen LogP contribution in [0.1, 0.15) is 50.2 Å². The fraction of sp³-hybridized carbons (Fsp3) is 0.522. The van der Waals surface area contributed by atoms with Gasteiger partial charge in [0.2, 0.25) is 0 Å². The Morgan fingerprint density at radius 3 is 2.53 bits per heavy atom. The van der Waals surface area contributed by atoms with E-state index in [9.17, 15) is 4.79 Å². The second kappa shape index (κ2) is 9.78. The highest BCUT2D eigenvalue weighted by molar-refractivity contribution is 5.91. The largest absolute Gasteiger partial charge is 0.491 e. The molecule has 1 saturated heterocycles. The van der Waals surface area contributed by atoms with Crippen molar-refractivity contribution in [3.63, 3.8) is 0 Å². The van der Waals surface area contributed by atoms with Crippen LogP contribution in [0.4, 0.5) is 16.3 Å². The Morgan fingerprint density at radius 1 is 1.13 bits per heavy atom. The van der Waals surface area contributed by atoms with Crippen LogP contribution in [0.5, 0.6) is 5.75 Å². The van der Waals surface area contributed by atoms with Gasteiger partial charge in [0.1, 0.15) is 17.4 Å². The Bertz CT molecular complexity index is 876. The summed E-state index contributed by atoms with van der Waals surface area (Å²) in [5.41, 5.74) is 2.80. The molecular formula is C23H33N5O2. The van der Waals surface area contributed by atoms with Crippen molar-refractivity contribution >= 4 is 17.5 Å². The normalized spacial score (nSPS) is 14.2. The molecule has 2 amide bonds. The molecule has 162 valence electrons. The second-order valence-electron chi connectivity index (χ2n) is 8.13. The molecule has 1 aliphatic heterocycles. The van der Waals surface area contributed by atoms with Crippen molar-refractivity contribution in [2.75, 3.05) is 43.0 Å². The van der Waals surface area contributed by atoms with Gasteiger partial charge >= 0.3 is 6.03 Å². The molecule has 7 heteroatoms. The first-order valence-electron chi connectivity index (χ1n) is 10.8. The Kier molecular flexibility index (Phi) is 7.13. The number of ether oxygens (including phenoxy) is 1. The molecule has 1 aromatic heterocycles. The number of carbonyl (C=O) groups excluding carboxylic acids is 1. The number of amides is 2. The fourth-order valence-corrected chi connectivity index (χ4v) is 3.39. The molecule has 30 heavy (non-hydrogen) atoms. The molecule has 1 N–H and O–H groups in total. The number of carbonyl (C=O) groups is 1. The highest BCUT2D eigenvalue weighted by Gasteiger charge is 2.23. The minimum atomic E-state index is -0.0958. The fourth-order valence-electron chi connectivity index (χ4n) is 3.39. The molecule has 0 bridgehead atoms. The monoisotopic (exact) mass is 411 g/mol. The molecule has 0 aliphatic carbocycles. The van der Waals surface area contributed by atoms with Crippen molar-refractivity contribution in [2.45, 2.75) is 47.0 Å². The summed E-state index contributed by atoms with van der Waals surface area (Å²) >= 11 is 0. The molecule has 0 unspecified atom stereocenters. The van der Waals surface area contributed by atoms with Crippen LogP contribution in [-0.2, 0) is 0 Å². The number of benzene rings is 1. The van der Waals surface area contributed by atoms with Crippen LogP contribution in [0, 0.1) is 13.8 Å². The maximum absolute atomic E-state index is 12.8. The lowest BCUT2D eigenvalue weighted by atomic mass is 10.2. The average Bonchev–Trinajstić information content (AvgIpc) is 2.73. The summed E-state index contributed by atoms with van der Waals surface area (Å²) in [5, 5.41) is 3.02. The van der Waals surface area contributed by atoms with Crippen LogP contribution in [0.2, 0.25) is 0 Å². The molecule has 0 atom stereocenters. The summed E-state index contributed by atoms with van der Waals surface area (Å²) in [6.45, 7) is 13.7. The summed E-state index contributed by atoms with van der Waals surface area (Å²) in [4.78, 5) is 26.2. The van der Waals surface area contributed by atoms with E-state index in [-0.39, 0.29) is 11.9 Å². The zero-order valence-corrected chi connectivity index (χ0v) is 18.7. The quantitative estimate of drug-likeness (QED) is 0.765. The number of nitrogens with one attached hydrogen (secondary N) is 1. The van der Waals surface area contributed by atoms with Crippen LogP contribution in [0.25, 0.3) is 0 Å². The van der Waals surface area contributed by atoms with Crippen LogP contribution in [-0.4, -0.2) is 53.7 Å². The van der Waals surface area contributed by atoms with Crippen LogP contribution in [0.15, 0.2) is 24.3 Å². The minimum Gasteiger partial charge on any atom is -0.491 e. The molecule has 0 spiro atoms. The van der Waals surface area contributed by atoms with E-state index < -0.39 is 0 Å². The van der Waals surface area contributed by atoms with Crippen molar-refractivity contribution in [1.29, 1.82) is 0 Å². The molecule has 3 rings (SSSR count). The maximum atomic E-state index is 12.8. The zero-order chi connectivity index (χ0) is 21.7. The van der Waals surface area contributed by atoms with Crippen molar-refractivity contribution < 1.29 is 9.53 Å². The molecule has 1 fully saturated rings. The molecule has 0 saturated carbocycles. The maximum Gasteiger partial charge on any atom is 0.322 e. The lowest BCUT2D eigenvalue weighted by molar-refractivity contribution is 0.208. The smallest absolute Gasteiger partial charge is 0.322 e. The van der Waals surface area contributed by atoms with Crippen molar-refractivity contribution in [3.05, 3.63) is 41.3 Å². The third kappa shape index (κ3) is 5.40. The summed E-state index contributed by atoms with van der Waals surface area (Å²) < 4.78 is 5.82. The van der Waals surface area contributed by atoms with Crippen LogP contribution < -0.4 is 15.0 Å². The van der Waals surface area contributed by atoms with E-state index in [4.69, 9.17) is 9.72 Å². The number of urea groups is 1. The number of aryl methyl sites for hydroxylation is 2. The van der Waals surface area contributed by atoms with E-state index in [0.29, 0.717) is 19.7 Å². The first-order chi connectivity index (χ1) is 14.4. The summed E-state index contributed by atoms with van der Waals surface area (Å²) in [7, 11) is 0. The molecule has 7 nitrogen and oxygen atoms in total. The van der Waals surface area contributed by atoms with E-state index in [1.165, 1.54) is 0 Å². The van der Waals surface area contributed by atoms with Gasteiger partial charge in [0.05, 0.1) is 12.3 Å². The minimum absolute atomic E-state index is 0.0958. The van der Waals surface area contributed by atoms with Gasteiger partial charge in [0, 0.05) is 43.9 Å². The Morgan fingerprint density at radius 2 is 1.87 bits per heavy atom. The SMILES string of the molecule is CCCOc1cc(C)ccc1NC(=O)N1CCN(c2cc(C)nc(C(C)C)n2)CC1. The van der Waals surface area contributed by atoms with Crippen molar-refractivity contribution in [3.8, 4) is 5.75 Å². The van der Waals surface area contributed by atoms with Gasteiger partial charge in [-0.2, -0.15) is 0 Å². The summed E-state index contributed by atoms with van der Waals surface area (Å²) in [5.74, 6) is 2.82. The molecule has 2 heterocycles. The second-order valence-corrected chi connectivity index (χ2v) is 8.13. The van der Waals surface area contributed by atoms with Gasteiger partial charge in [-0.3, -0.25) is 0 Å². The Balaban J connectivity index is 1.62. The van der Waals surface area contributed by atoms with Crippen LogP contribution >= 0.6 is 0 Å². The van der Waals surface area contributed by atoms with Gasteiger partial charge in [-0.05, 0) is 38.0 Å². The van der Waals surface area contributed by atoms with Gasteiger partial charge < -0.3 is 19.9 Å². The number of hydrogen-bond acceptors (Lipinski definition) is 5. The predicted octanol–water partition coefficient (Wildman–Crippen LogP) is 4.36. The Hall–Kier alpha value is -2.83. The predicted molar refractivity (Wildman–Crippen MR) is 121 cm³/mol. The number of piperazine rings is 1. The summed E-state index contributed by atoms with van der Waals surface area (Å²) in [6, 6.07) is 7.78. The molecular weight excluding hydrogens is 378 g/mol. The standard InChI is InChI=1S/C23H33N5O2/c1-6-13-30-20-14-17(4)7-8-19(20)25-23(29)28-11-9-27(10-12-28)21-15-18(5)24-22(26-21)16(2)3/h7-8,14-16H,6,9-13H2,1-5H3,(H,25,29). The number of rotatable bonds is 6. The lowest BCUT2D eigenvalue weighted by Crippen LogP contribution is -2.50. The van der Waals surface area contributed by atoms with E-state index in [1.807, 2.05) is 43.0 Å². The topological polar surface area (TPSA) is 70.6 Å². The van der Waals surface area contributed by atoms with E-state index in [1.54, 1.807) is 0 Å². The summed E-state index contributed by atoms with van der Waals surface area (Å²) in [6.07, 6.45) is 0.921. The van der Waals surface area contributed by atoms with Gasteiger partial charge in [-0.15, -0.1) is 0 Å². The number of nitrogens with zero attached hydrogens (tertiary/aromatic N) is 4. The Labute approximate surface area is 179 Å². The van der Waals surface area contributed by atoms with E-state index in [2.05, 4.69) is 36.0 Å². The zero-order valence-electron chi connectivity index (χ0n) is 18.7. The number of hydrogen-bond donors (Lipinski definition) is 1. The lowest BCUT2D eigenvalue weighted by Gasteiger charge is -2.35. The first-order valence-corrected chi connectivity index (χ1v) is 10.8. The molecule has 2 aromatic rings.